The standard InChI is InChI=1S/C26H27FN6O2/c1-14(23(34)30-20-9-19(32-35-20)26-11-24(2,12-26)13-26)15-4-5-16(18(27)8-15)21-17(10-28)22(29)33(31-21)25(3)6-7-25/h4-5,8-9,14H,6-7,11-13,29H2,1-3H3,(H,30,34). The molecular weight excluding hydrogens is 447 g/mol. The summed E-state index contributed by atoms with van der Waals surface area (Å²) in [5, 5.41) is 21.0. The Morgan fingerprint density at radius 2 is 2.00 bits per heavy atom. The number of hydrogen-bond donors (Lipinski definition) is 2. The van der Waals surface area contributed by atoms with Crippen molar-refractivity contribution in [3.8, 4) is 17.3 Å². The fraction of sp³-hybridized carbons (Fsp3) is 0.462. The van der Waals surface area contributed by atoms with Crippen molar-refractivity contribution in [1.29, 1.82) is 5.26 Å². The van der Waals surface area contributed by atoms with E-state index >= 15 is 4.39 Å². The summed E-state index contributed by atoms with van der Waals surface area (Å²) in [4.78, 5) is 12.9. The van der Waals surface area contributed by atoms with Gasteiger partial charge in [0.25, 0.3) is 0 Å². The zero-order valence-corrected chi connectivity index (χ0v) is 20.0. The van der Waals surface area contributed by atoms with Gasteiger partial charge in [-0.15, -0.1) is 0 Å². The van der Waals surface area contributed by atoms with Crippen LogP contribution in [0.15, 0.2) is 28.8 Å². The topological polar surface area (TPSA) is 123 Å². The maximum atomic E-state index is 15.2. The summed E-state index contributed by atoms with van der Waals surface area (Å²) in [5.41, 5.74) is 8.44. The number of benzene rings is 1. The molecule has 8 nitrogen and oxygen atoms in total. The molecule has 2 bridgehead atoms. The number of aromatic nitrogens is 3. The first-order chi connectivity index (χ1) is 16.6. The maximum Gasteiger partial charge on any atom is 0.234 e. The van der Waals surface area contributed by atoms with E-state index in [4.69, 9.17) is 10.3 Å². The van der Waals surface area contributed by atoms with Crippen molar-refractivity contribution in [3.63, 3.8) is 0 Å². The molecule has 35 heavy (non-hydrogen) atoms. The minimum absolute atomic E-state index is 0.112. The molecule has 0 saturated heterocycles. The smallest absolute Gasteiger partial charge is 0.234 e. The molecule has 3 aromatic rings. The molecule has 4 fully saturated rings. The molecule has 2 heterocycles. The van der Waals surface area contributed by atoms with Gasteiger partial charge in [-0.2, -0.15) is 10.4 Å². The van der Waals surface area contributed by atoms with Crippen LogP contribution in [0.2, 0.25) is 0 Å². The number of nitrogens with zero attached hydrogens (tertiary/aromatic N) is 4. The highest BCUT2D eigenvalue weighted by Gasteiger charge is 2.66. The molecule has 3 N–H and O–H groups in total. The van der Waals surface area contributed by atoms with E-state index in [0.29, 0.717) is 16.9 Å². The molecule has 0 radical (unpaired) electrons. The van der Waals surface area contributed by atoms with Crippen molar-refractivity contribution in [2.24, 2.45) is 5.41 Å². The third kappa shape index (κ3) is 3.19. The van der Waals surface area contributed by atoms with Gasteiger partial charge in [0.2, 0.25) is 11.8 Å². The third-order valence-corrected chi connectivity index (χ3v) is 8.25. The average Bonchev–Trinajstić information content (AvgIpc) is 3.21. The summed E-state index contributed by atoms with van der Waals surface area (Å²) >= 11 is 0. The maximum absolute atomic E-state index is 15.2. The molecule has 2 aromatic heterocycles. The highest BCUT2D eigenvalue weighted by molar-refractivity contribution is 5.94. The van der Waals surface area contributed by atoms with Gasteiger partial charge in [0.1, 0.15) is 29.0 Å². The quantitative estimate of drug-likeness (QED) is 0.528. The van der Waals surface area contributed by atoms with Gasteiger partial charge in [0, 0.05) is 17.0 Å². The Labute approximate surface area is 202 Å². The summed E-state index contributed by atoms with van der Waals surface area (Å²) in [6, 6.07) is 8.40. The van der Waals surface area contributed by atoms with E-state index in [2.05, 4.69) is 28.6 Å². The predicted molar refractivity (Wildman–Crippen MR) is 127 cm³/mol. The Morgan fingerprint density at radius 1 is 1.29 bits per heavy atom. The molecule has 0 spiro atoms. The van der Waals surface area contributed by atoms with E-state index in [1.165, 1.54) is 6.07 Å². The van der Waals surface area contributed by atoms with E-state index in [0.717, 1.165) is 37.8 Å². The number of nitrogen functional groups attached to an aromatic ring is 1. The van der Waals surface area contributed by atoms with Crippen molar-refractivity contribution in [2.75, 3.05) is 11.1 Å². The van der Waals surface area contributed by atoms with Gasteiger partial charge in [0.15, 0.2) is 0 Å². The molecule has 180 valence electrons. The second kappa shape index (κ2) is 6.94. The Hall–Kier alpha value is -3.67. The Morgan fingerprint density at radius 3 is 2.60 bits per heavy atom. The van der Waals surface area contributed by atoms with Crippen molar-refractivity contribution < 1.29 is 13.7 Å². The molecule has 4 aliphatic carbocycles. The van der Waals surface area contributed by atoms with Crippen LogP contribution in [0.25, 0.3) is 11.3 Å². The molecule has 4 aliphatic rings. The summed E-state index contributed by atoms with van der Waals surface area (Å²) in [5.74, 6) is -0.972. The molecule has 9 heteroatoms. The highest BCUT2D eigenvalue weighted by atomic mass is 19.1. The van der Waals surface area contributed by atoms with Gasteiger partial charge in [-0.25, -0.2) is 9.07 Å². The fourth-order valence-electron chi connectivity index (χ4n) is 6.06. The van der Waals surface area contributed by atoms with Crippen LogP contribution in [0.1, 0.15) is 75.6 Å². The molecule has 1 aromatic carbocycles. The summed E-state index contributed by atoms with van der Waals surface area (Å²) in [6.45, 7) is 5.98. The predicted octanol–water partition coefficient (Wildman–Crippen LogP) is 4.82. The normalized spacial score (nSPS) is 26.3. The van der Waals surface area contributed by atoms with Crippen LogP contribution in [0.4, 0.5) is 16.1 Å². The molecule has 1 amide bonds. The molecule has 1 unspecified atom stereocenters. The zero-order chi connectivity index (χ0) is 24.8. The minimum atomic E-state index is -0.635. The second-order valence-electron chi connectivity index (χ2n) is 11.3. The third-order valence-electron chi connectivity index (χ3n) is 8.25. The summed E-state index contributed by atoms with van der Waals surface area (Å²) in [7, 11) is 0. The largest absolute Gasteiger partial charge is 0.383 e. The van der Waals surface area contributed by atoms with E-state index in [9.17, 15) is 10.1 Å². The van der Waals surface area contributed by atoms with Gasteiger partial charge in [-0.05, 0) is 69.1 Å². The van der Waals surface area contributed by atoms with Crippen LogP contribution in [-0.2, 0) is 15.7 Å². The van der Waals surface area contributed by atoms with Crippen molar-refractivity contribution >= 4 is 17.6 Å². The van der Waals surface area contributed by atoms with Crippen LogP contribution in [0, 0.1) is 22.6 Å². The average molecular weight is 475 g/mol. The number of rotatable bonds is 6. The van der Waals surface area contributed by atoms with Gasteiger partial charge in [0.05, 0.1) is 17.2 Å². The van der Waals surface area contributed by atoms with Gasteiger partial charge < -0.3 is 10.3 Å². The van der Waals surface area contributed by atoms with Crippen molar-refractivity contribution in [1.82, 2.24) is 14.9 Å². The lowest BCUT2D eigenvalue weighted by Crippen LogP contribution is -2.62. The number of nitrogens with two attached hydrogens (primary N) is 1. The zero-order valence-electron chi connectivity index (χ0n) is 20.0. The fourth-order valence-corrected chi connectivity index (χ4v) is 6.06. The molecular formula is C26H27FN6O2. The van der Waals surface area contributed by atoms with Crippen molar-refractivity contribution in [2.45, 2.75) is 69.7 Å². The molecule has 0 aliphatic heterocycles. The minimum Gasteiger partial charge on any atom is -0.383 e. The molecule has 1 atom stereocenters. The lowest BCUT2D eigenvalue weighted by atomic mass is 9.35. The number of anilines is 2. The van der Waals surface area contributed by atoms with Gasteiger partial charge in [-0.3, -0.25) is 10.1 Å². The van der Waals surface area contributed by atoms with Gasteiger partial charge >= 0.3 is 0 Å². The van der Waals surface area contributed by atoms with Crippen LogP contribution in [-0.4, -0.2) is 20.8 Å². The first-order valence-corrected chi connectivity index (χ1v) is 11.9. The molecule has 4 saturated carbocycles. The monoisotopic (exact) mass is 474 g/mol. The van der Waals surface area contributed by atoms with E-state index < -0.39 is 11.7 Å². The number of hydrogen-bond acceptors (Lipinski definition) is 6. The van der Waals surface area contributed by atoms with Crippen molar-refractivity contribution in [3.05, 3.63) is 46.9 Å². The second-order valence-corrected chi connectivity index (χ2v) is 11.3. The number of halogens is 1. The van der Waals surface area contributed by atoms with Crippen LogP contribution in [0.3, 0.4) is 0 Å². The van der Waals surface area contributed by atoms with Crippen LogP contribution < -0.4 is 11.1 Å². The first kappa shape index (κ1) is 21.8. The van der Waals surface area contributed by atoms with E-state index in [1.807, 2.05) is 6.92 Å². The Bertz CT molecular complexity index is 1410. The highest BCUT2D eigenvalue weighted by Crippen LogP contribution is 2.73. The Kier molecular flexibility index (Phi) is 4.33. The number of carbonyl (C=O) groups is 1. The number of nitriles is 1. The number of amides is 1. The number of nitrogens with one attached hydrogen (secondary N) is 1. The van der Waals surface area contributed by atoms with Crippen LogP contribution >= 0.6 is 0 Å². The lowest BCUT2D eigenvalue weighted by Gasteiger charge is -2.68. The summed E-state index contributed by atoms with van der Waals surface area (Å²) in [6.07, 6.45) is 5.14. The lowest BCUT2D eigenvalue weighted by molar-refractivity contribution is -0.129. The first-order valence-electron chi connectivity index (χ1n) is 11.9. The molecule has 7 rings (SSSR count). The van der Waals surface area contributed by atoms with E-state index in [-0.39, 0.29) is 39.5 Å². The summed E-state index contributed by atoms with van der Waals surface area (Å²) < 4.78 is 22.2. The SMILES string of the molecule is CC(C(=O)Nc1cc(C23CC(C)(C2)C3)no1)c1ccc(-c2nn(C3(C)CC3)c(N)c2C#N)c(F)c1. The van der Waals surface area contributed by atoms with Crippen LogP contribution in [0.5, 0.6) is 0 Å². The Balaban J connectivity index is 1.20. The number of carbonyl (C=O) groups excluding carboxylic acids is 1. The van der Waals surface area contributed by atoms with E-state index in [1.54, 1.807) is 29.8 Å². The van der Waals surface area contributed by atoms with Gasteiger partial charge in [-0.1, -0.05) is 18.1 Å².